The number of para-hydroxylation sites is 1. The topological polar surface area (TPSA) is 129 Å². The number of hydrogen-bond donors (Lipinski definition) is 2. The van der Waals surface area contributed by atoms with Gasteiger partial charge in [0.05, 0.1) is 23.5 Å². The molecule has 10 nitrogen and oxygen atoms in total. The van der Waals surface area contributed by atoms with Crippen molar-refractivity contribution in [3.63, 3.8) is 0 Å². The molecule has 0 spiro atoms. The van der Waals surface area contributed by atoms with Crippen LogP contribution in [0.4, 0.5) is 0 Å². The normalized spacial score (nSPS) is 15.0. The number of benzene rings is 2. The lowest BCUT2D eigenvalue weighted by Gasteiger charge is -2.52. The first-order chi connectivity index (χ1) is 18.0. The Kier molecular flexibility index (Phi) is 7.73. The lowest BCUT2D eigenvalue weighted by atomic mass is 9.88. The van der Waals surface area contributed by atoms with Gasteiger partial charge in [0.1, 0.15) is 12.4 Å². The molecule has 0 bridgehead atoms. The number of nitrogens with one attached hydrogen (secondary N) is 1. The summed E-state index contributed by atoms with van der Waals surface area (Å²) in [5.74, 6) is -0.474. The van der Waals surface area contributed by atoms with Gasteiger partial charge in [-0.1, -0.05) is 32.0 Å². The van der Waals surface area contributed by atoms with Crippen molar-refractivity contribution in [3.05, 3.63) is 65.9 Å². The minimum atomic E-state index is -4.14. The average molecular weight is 541 g/mol. The van der Waals surface area contributed by atoms with Crippen molar-refractivity contribution in [1.82, 2.24) is 19.7 Å². The van der Waals surface area contributed by atoms with Crippen LogP contribution in [-0.4, -0.2) is 65.3 Å². The number of likely N-dealkylation sites (N-methyl/N-ethyl adjacent to an activating group) is 1. The van der Waals surface area contributed by atoms with Crippen molar-refractivity contribution < 1.29 is 28.0 Å². The van der Waals surface area contributed by atoms with Crippen LogP contribution in [0.3, 0.4) is 0 Å². The van der Waals surface area contributed by atoms with Gasteiger partial charge < -0.3 is 9.64 Å². The lowest BCUT2D eigenvalue weighted by Crippen LogP contribution is -2.76. The number of carbonyl (C=O) groups is 2. The van der Waals surface area contributed by atoms with Gasteiger partial charge in [0.2, 0.25) is 15.9 Å². The molecule has 11 heteroatoms. The molecule has 0 atom stereocenters. The van der Waals surface area contributed by atoms with E-state index in [4.69, 9.17) is 4.74 Å². The van der Waals surface area contributed by atoms with Gasteiger partial charge in [-0.3, -0.25) is 19.8 Å². The number of carbonyl (C=O) groups excluding carboxylic acids is 2. The third-order valence-electron chi connectivity index (χ3n) is 6.77. The minimum absolute atomic E-state index is 0.0466. The van der Waals surface area contributed by atoms with Gasteiger partial charge in [-0.25, -0.2) is 13.9 Å². The highest BCUT2D eigenvalue weighted by molar-refractivity contribution is 7.89. The summed E-state index contributed by atoms with van der Waals surface area (Å²) in [5.41, 5.74) is 2.65. The van der Waals surface area contributed by atoms with Gasteiger partial charge in [-0.2, -0.15) is 4.31 Å². The SMILES string of the molecule is Cc1cc(COc2ccc(S(=O)(=O)N(C)C3(C(=O)NO)CN(C(=O)CC(C)C)C3)cc2)c2ccccc2n1. The zero-order valence-electron chi connectivity index (χ0n) is 21.8. The number of nitrogens with zero attached hydrogens (tertiary/aromatic N) is 3. The predicted octanol–water partition coefficient (Wildman–Crippen LogP) is 2.88. The zero-order chi connectivity index (χ0) is 27.7. The van der Waals surface area contributed by atoms with Gasteiger partial charge in [0, 0.05) is 30.1 Å². The Morgan fingerprint density at radius 1 is 1.16 bits per heavy atom. The molecule has 1 fully saturated rings. The van der Waals surface area contributed by atoms with Crippen LogP contribution in [0.15, 0.2) is 59.5 Å². The van der Waals surface area contributed by atoms with Crippen LogP contribution >= 0.6 is 0 Å². The Morgan fingerprint density at radius 2 is 1.82 bits per heavy atom. The summed E-state index contributed by atoms with van der Waals surface area (Å²) >= 11 is 0. The van der Waals surface area contributed by atoms with Crippen molar-refractivity contribution in [2.24, 2.45) is 5.92 Å². The standard InChI is InChI=1S/C27H32N4O6S/c1-18(2)13-25(32)31-16-27(17-31,26(33)29-34)30(4)38(35,36)22-11-9-21(10-12-22)37-15-20-14-19(3)28-24-8-6-5-7-23(20)24/h5-12,14,18,34H,13,15-17H2,1-4H3,(H,29,33). The first kappa shape index (κ1) is 27.5. The number of rotatable bonds is 9. The van der Waals surface area contributed by atoms with E-state index in [9.17, 15) is 23.2 Å². The number of hydroxylamine groups is 1. The lowest BCUT2D eigenvalue weighted by molar-refractivity contribution is -0.157. The van der Waals surface area contributed by atoms with Crippen molar-refractivity contribution >= 4 is 32.7 Å². The van der Waals surface area contributed by atoms with Crippen LogP contribution in [0, 0.1) is 12.8 Å². The van der Waals surface area contributed by atoms with Crippen LogP contribution in [0.25, 0.3) is 10.9 Å². The Labute approximate surface area is 222 Å². The highest BCUT2D eigenvalue weighted by Crippen LogP contribution is 2.33. The predicted molar refractivity (Wildman–Crippen MR) is 141 cm³/mol. The second kappa shape index (κ2) is 10.7. The highest BCUT2D eigenvalue weighted by atomic mass is 32.2. The van der Waals surface area contributed by atoms with Crippen molar-refractivity contribution in [2.75, 3.05) is 20.1 Å². The van der Waals surface area contributed by atoms with E-state index in [1.54, 1.807) is 17.6 Å². The number of ether oxygens (including phenoxy) is 1. The highest BCUT2D eigenvalue weighted by Gasteiger charge is 2.57. The van der Waals surface area contributed by atoms with E-state index in [1.807, 2.05) is 51.1 Å². The number of likely N-dealkylation sites (tertiary alicyclic amines) is 1. The van der Waals surface area contributed by atoms with Crippen LogP contribution in [-0.2, 0) is 26.2 Å². The van der Waals surface area contributed by atoms with Crippen LogP contribution < -0.4 is 10.2 Å². The number of hydrogen-bond acceptors (Lipinski definition) is 7. The van der Waals surface area contributed by atoms with Crippen LogP contribution in [0.1, 0.15) is 31.5 Å². The summed E-state index contributed by atoms with van der Waals surface area (Å²) < 4.78 is 33.7. The molecule has 0 saturated carbocycles. The van der Waals surface area contributed by atoms with Crippen LogP contribution in [0.5, 0.6) is 5.75 Å². The smallest absolute Gasteiger partial charge is 0.268 e. The number of aromatic nitrogens is 1. The molecule has 4 rings (SSSR count). The molecular weight excluding hydrogens is 508 g/mol. The molecule has 1 aliphatic rings. The molecule has 2 N–H and O–H groups in total. The maximum absolute atomic E-state index is 13.4. The van der Waals surface area contributed by atoms with Crippen molar-refractivity contribution in [3.8, 4) is 5.75 Å². The summed E-state index contributed by atoms with van der Waals surface area (Å²) in [6.07, 6.45) is 0.281. The Morgan fingerprint density at radius 3 is 2.45 bits per heavy atom. The number of fused-ring (bicyclic) bond motifs is 1. The van der Waals surface area contributed by atoms with E-state index in [2.05, 4.69) is 4.98 Å². The van der Waals surface area contributed by atoms with Crippen molar-refractivity contribution in [2.45, 2.75) is 44.2 Å². The van der Waals surface area contributed by atoms with E-state index in [-0.39, 0.29) is 42.8 Å². The van der Waals surface area contributed by atoms with E-state index in [0.717, 1.165) is 26.5 Å². The Bertz CT molecular complexity index is 1450. The maximum atomic E-state index is 13.4. The summed E-state index contributed by atoms with van der Waals surface area (Å²) in [5, 5.41) is 10.3. The number of amides is 2. The quantitative estimate of drug-likeness (QED) is 0.315. The number of sulfonamides is 1. The van der Waals surface area contributed by atoms with E-state index < -0.39 is 21.5 Å². The third kappa shape index (κ3) is 5.22. The fourth-order valence-corrected chi connectivity index (χ4v) is 6.06. The van der Waals surface area contributed by atoms with Gasteiger partial charge >= 0.3 is 0 Å². The van der Waals surface area contributed by atoms with E-state index in [0.29, 0.717) is 5.75 Å². The Hall–Kier alpha value is -3.54. The van der Waals surface area contributed by atoms with E-state index in [1.165, 1.54) is 24.1 Å². The fourth-order valence-electron chi connectivity index (χ4n) is 4.60. The molecule has 38 heavy (non-hydrogen) atoms. The second-order valence-corrected chi connectivity index (χ2v) is 12.0. The van der Waals surface area contributed by atoms with Crippen molar-refractivity contribution in [1.29, 1.82) is 0 Å². The molecule has 3 aromatic rings. The van der Waals surface area contributed by atoms with Crippen LogP contribution in [0.2, 0.25) is 0 Å². The first-order valence-corrected chi connectivity index (χ1v) is 13.7. The second-order valence-electron chi connectivity index (χ2n) is 9.99. The summed E-state index contributed by atoms with van der Waals surface area (Å²) in [6.45, 7) is 5.68. The summed E-state index contributed by atoms with van der Waals surface area (Å²) in [4.78, 5) is 30.9. The molecule has 0 aliphatic carbocycles. The van der Waals surface area contributed by atoms with Gasteiger partial charge in [0.15, 0.2) is 5.54 Å². The molecule has 202 valence electrons. The summed E-state index contributed by atoms with van der Waals surface area (Å²) in [7, 11) is -2.87. The minimum Gasteiger partial charge on any atom is -0.489 e. The monoisotopic (exact) mass is 540 g/mol. The average Bonchev–Trinajstić information content (AvgIpc) is 2.86. The molecule has 1 saturated heterocycles. The molecule has 2 amide bonds. The molecule has 2 aromatic carbocycles. The molecule has 0 unspecified atom stereocenters. The summed E-state index contributed by atoms with van der Waals surface area (Å²) in [6, 6.07) is 15.6. The number of aryl methyl sites for hydroxylation is 1. The fraction of sp³-hybridized carbons (Fsp3) is 0.370. The molecular formula is C27H32N4O6S. The zero-order valence-corrected chi connectivity index (χ0v) is 22.7. The third-order valence-corrected chi connectivity index (χ3v) is 8.71. The maximum Gasteiger partial charge on any atom is 0.268 e. The molecule has 1 aliphatic heterocycles. The van der Waals surface area contributed by atoms with Gasteiger partial charge in [-0.05, 0) is 49.2 Å². The molecule has 0 radical (unpaired) electrons. The first-order valence-electron chi connectivity index (χ1n) is 12.3. The largest absolute Gasteiger partial charge is 0.489 e. The number of pyridine rings is 1. The molecule has 1 aromatic heterocycles. The van der Waals surface area contributed by atoms with E-state index >= 15 is 0 Å². The van der Waals surface area contributed by atoms with Gasteiger partial charge in [0.25, 0.3) is 5.91 Å². The van der Waals surface area contributed by atoms with Gasteiger partial charge in [-0.15, -0.1) is 0 Å². The Balaban J connectivity index is 1.50. The molecule has 2 heterocycles.